The molecule has 10 nitrogen and oxygen atoms in total. The molecule has 0 aliphatic carbocycles. The smallest absolute Gasteiger partial charge is 0.415 e. The van der Waals surface area contributed by atoms with Crippen LogP contribution in [-0.4, -0.2) is 44.8 Å². The van der Waals surface area contributed by atoms with Crippen molar-refractivity contribution >= 4 is 46.6 Å². The highest BCUT2D eigenvalue weighted by atomic mass is 35.5. The van der Waals surface area contributed by atoms with Gasteiger partial charge in [0.1, 0.15) is 11.3 Å². The highest BCUT2D eigenvalue weighted by Gasteiger charge is 2.28. The molecule has 0 spiro atoms. The summed E-state index contributed by atoms with van der Waals surface area (Å²) in [5.41, 5.74) is 4.97. The zero-order valence-corrected chi connectivity index (χ0v) is 21.2. The minimum absolute atomic E-state index is 0.0111. The zero-order chi connectivity index (χ0) is 26.0. The van der Waals surface area contributed by atoms with Gasteiger partial charge in [0, 0.05) is 12.6 Å². The SMILES string of the molecule is CC(C)c1cc(C(=O)c2c(Cl)cc(N(C/C(N)=N/O)C(=O)OC(C)(C)C)cc2Cl)nn(C)c1=O. The number of benzene rings is 1. The maximum absolute atomic E-state index is 13.2. The molecule has 0 unspecified atom stereocenters. The number of carbonyl (C=O) groups excluding carboxylic acids is 2. The molecule has 0 saturated carbocycles. The largest absolute Gasteiger partial charge is 0.443 e. The lowest BCUT2D eigenvalue weighted by Crippen LogP contribution is -2.42. The molecule has 0 saturated heterocycles. The molecule has 2 rings (SSSR count). The second kappa shape index (κ2) is 10.4. The standard InChI is InChI=1S/C22H27Cl2N5O5/c1-11(2)13-9-16(26-28(6)20(13)31)19(30)18-14(23)7-12(8-15(18)24)29(10-17(25)27-33)21(32)34-22(3,4)5/h7-9,11,33H,10H2,1-6H3,(H2,25,27). The Bertz CT molecular complexity index is 1180. The Labute approximate surface area is 206 Å². The zero-order valence-electron chi connectivity index (χ0n) is 19.7. The molecule has 0 aliphatic rings. The van der Waals surface area contributed by atoms with Crippen molar-refractivity contribution in [2.45, 2.75) is 46.1 Å². The number of aromatic nitrogens is 2. The maximum Gasteiger partial charge on any atom is 0.415 e. The number of halogens is 2. The fourth-order valence-corrected chi connectivity index (χ4v) is 3.64. The molecule has 1 aromatic carbocycles. The van der Waals surface area contributed by atoms with Crippen LogP contribution in [0, 0.1) is 0 Å². The van der Waals surface area contributed by atoms with Crippen molar-refractivity contribution < 1.29 is 19.5 Å². The van der Waals surface area contributed by atoms with Gasteiger partial charge in [-0.25, -0.2) is 9.48 Å². The van der Waals surface area contributed by atoms with Crippen molar-refractivity contribution in [1.82, 2.24) is 9.78 Å². The minimum Gasteiger partial charge on any atom is -0.443 e. The van der Waals surface area contributed by atoms with Crippen molar-refractivity contribution in [3.8, 4) is 0 Å². The first kappa shape index (κ1) is 27.1. The number of carbonyl (C=O) groups is 2. The van der Waals surface area contributed by atoms with E-state index < -0.39 is 17.5 Å². The molecular formula is C22H27Cl2N5O5. The van der Waals surface area contributed by atoms with Gasteiger partial charge in [-0.3, -0.25) is 14.5 Å². The van der Waals surface area contributed by atoms with Crippen LogP contribution >= 0.6 is 23.2 Å². The van der Waals surface area contributed by atoms with E-state index in [0.29, 0.717) is 5.56 Å². The lowest BCUT2D eigenvalue weighted by molar-refractivity contribution is 0.0585. The van der Waals surface area contributed by atoms with Crippen LogP contribution in [0.5, 0.6) is 0 Å². The van der Waals surface area contributed by atoms with Gasteiger partial charge in [-0.05, 0) is 44.9 Å². The molecule has 1 aromatic heterocycles. The van der Waals surface area contributed by atoms with E-state index in [0.717, 1.165) is 9.58 Å². The summed E-state index contributed by atoms with van der Waals surface area (Å²) in [5.74, 6) is -1.00. The first-order valence-corrected chi connectivity index (χ1v) is 11.0. The molecular weight excluding hydrogens is 485 g/mol. The summed E-state index contributed by atoms with van der Waals surface area (Å²) in [6.07, 6.45) is -0.799. The number of hydrogen-bond donors (Lipinski definition) is 2. The number of nitrogens with two attached hydrogens (primary N) is 1. The number of aryl methyl sites for hydroxylation is 1. The number of nitrogens with zero attached hydrogens (tertiary/aromatic N) is 4. The van der Waals surface area contributed by atoms with E-state index in [4.69, 9.17) is 38.9 Å². The van der Waals surface area contributed by atoms with E-state index in [1.165, 1.54) is 25.2 Å². The highest BCUT2D eigenvalue weighted by Crippen LogP contribution is 2.33. The van der Waals surface area contributed by atoms with E-state index >= 15 is 0 Å². The van der Waals surface area contributed by atoms with Gasteiger partial charge in [-0.2, -0.15) is 5.10 Å². The highest BCUT2D eigenvalue weighted by molar-refractivity contribution is 6.41. The van der Waals surface area contributed by atoms with Crippen LogP contribution in [0.1, 0.15) is 62.2 Å². The molecule has 2 aromatic rings. The second-order valence-electron chi connectivity index (χ2n) is 8.84. The molecule has 3 N–H and O–H groups in total. The summed E-state index contributed by atoms with van der Waals surface area (Å²) in [5, 5.41) is 15.8. The predicted octanol–water partition coefficient (Wildman–Crippen LogP) is 3.93. The summed E-state index contributed by atoms with van der Waals surface area (Å²) in [6, 6.07) is 4.09. The van der Waals surface area contributed by atoms with Crippen LogP contribution in [0.25, 0.3) is 0 Å². The summed E-state index contributed by atoms with van der Waals surface area (Å²) >= 11 is 12.8. The van der Waals surface area contributed by atoms with Crippen LogP contribution in [0.2, 0.25) is 10.0 Å². The average molecular weight is 512 g/mol. The van der Waals surface area contributed by atoms with Gasteiger partial charge >= 0.3 is 6.09 Å². The van der Waals surface area contributed by atoms with Gasteiger partial charge in [0.2, 0.25) is 5.78 Å². The van der Waals surface area contributed by atoms with Gasteiger partial charge in [0.05, 0.1) is 27.8 Å². The Kier molecular flexibility index (Phi) is 8.33. The topological polar surface area (TPSA) is 140 Å². The third-order valence-electron chi connectivity index (χ3n) is 4.57. The molecule has 12 heteroatoms. The van der Waals surface area contributed by atoms with Crippen molar-refractivity contribution in [3.05, 3.63) is 55.4 Å². The lowest BCUT2D eigenvalue weighted by atomic mass is 10.0. The number of amidine groups is 1. The third kappa shape index (κ3) is 6.27. The van der Waals surface area contributed by atoms with Crippen LogP contribution in [0.15, 0.2) is 28.1 Å². The normalized spacial score (nSPS) is 12.1. The number of amides is 1. The Morgan fingerprint density at radius 1 is 1.24 bits per heavy atom. The van der Waals surface area contributed by atoms with Gasteiger partial charge in [-0.1, -0.05) is 42.2 Å². The molecule has 0 aliphatic heterocycles. The molecule has 0 radical (unpaired) electrons. The Balaban J connectivity index is 2.57. The molecule has 184 valence electrons. The van der Waals surface area contributed by atoms with Crippen LogP contribution < -0.4 is 16.2 Å². The third-order valence-corrected chi connectivity index (χ3v) is 5.17. The number of hydrogen-bond acceptors (Lipinski definition) is 7. The summed E-state index contributed by atoms with van der Waals surface area (Å²) < 4.78 is 6.47. The van der Waals surface area contributed by atoms with E-state index in [-0.39, 0.29) is 50.8 Å². The van der Waals surface area contributed by atoms with E-state index in [1.54, 1.807) is 20.8 Å². The Morgan fingerprint density at radius 3 is 2.26 bits per heavy atom. The number of rotatable bonds is 6. The Hall–Kier alpha value is -3.11. The number of ether oxygens (including phenoxy) is 1. The molecule has 1 amide bonds. The van der Waals surface area contributed by atoms with E-state index in [9.17, 15) is 14.4 Å². The summed E-state index contributed by atoms with van der Waals surface area (Å²) in [4.78, 5) is 39.4. The minimum atomic E-state index is -0.826. The van der Waals surface area contributed by atoms with Gasteiger partial charge in [0.25, 0.3) is 5.56 Å². The van der Waals surface area contributed by atoms with Gasteiger partial charge < -0.3 is 15.7 Å². The quantitative estimate of drug-likeness (QED) is 0.197. The van der Waals surface area contributed by atoms with Crippen LogP contribution in [-0.2, 0) is 11.8 Å². The summed E-state index contributed by atoms with van der Waals surface area (Å²) in [6.45, 7) is 8.36. The first-order chi connectivity index (χ1) is 15.7. The predicted molar refractivity (Wildman–Crippen MR) is 130 cm³/mol. The van der Waals surface area contributed by atoms with E-state index in [1.807, 2.05) is 13.8 Å². The molecule has 34 heavy (non-hydrogen) atoms. The number of anilines is 1. The van der Waals surface area contributed by atoms with Gasteiger partial charge in [-0.15, -0.1) is 0 Å². The average Bonchev–Trinajstić information content (AvgIpc) is 2.71. The molecule has 0 atom stereocenters. The molecule has 0 bridgehead atoms. The van der Waals surface area contributed by atoms with Crippen molar-refractivity contribution in [1.29, 1.82) is 0 Å². The number of ketones is 1. The van der Waals surface area contributed by atoms with Crippen LogP contribution in [0.4, 0.5) is 10.5 Å². The monoisotopic (exact) mass is 511 g/mol. The molecule has 0 fully saturated rings. The van der Waals surface area contributed by atoms with Crippen LogP contribution in [0.3, 0.4) is 0 Å². The van der Waals surface area contributed by atoms with E-state index in [2.05, 4.69) is 10.3 Å². The fraction of sp³-hybridized carbons (Fsp3) is 0.409. The number of oxime groups is 1. The Morgan fingerprint density at radius 2 is 1.79 bits per heavy atom. The lowest BCUT2D eigenvalue weighted by Gasteiger charge is -2.27. The van der Waals surface area contributed by atoms with Crippen molar-refractivity contribution in [2.75, 3.05) is 11.4 Å². The van der Waals surface area contributed by atoms with Crippen molar-refractivity contribution in [2.24, 2.45) is 17.9 Å². The summed E-state index contributed by atoms with van der Waals surface area (Å²) in [7, 11) is 1.45. The first-order valence-electron chi connectivity index (χ1n) is 10.2. The van der Waals surface area contributed by atoms with Gasteiger partial charge in [0.15, 0.2) is 5.84 Å². The fourth-order valence-electron chi connectivity index (χ4n) is 2.99. The molecule has 1 heterocycles. The second-order valence-corrected chi connectivity index (χ2v) is 9.65. The van der Waals surface area contributed by atoms with Crippen molar-refractivity contribution in [3.63, 3.8) is 0 Å². The maximum atomic E-state index is 13.2.